The Kier molecular flexibility index (Phi) is 6.23. The fourth-order valence-corrected chi connectivity index (χ4v) is 2.32. The molecule has 0 spiro atoms. The van der Waals surface area contributed by atoms with Gasteiger partial charge in [0, 0.05) is 13.6 Å². The molecule has 1 aromatic rings. The van der Waals surface area contributed by atoms with Crippen LogP contribution in [0.25, 0.3) is 0 Å². The van der Waals surface area contributed by atoms with Crippen LogP contribution in [0.1, 0.15) is 18.4 Å². The Labute approximate surface area is 124 Å². The summed E-state index contributed by atoms with van der Waals surface area (Å²) >= 11 is 0. The van der Waals surface area contributed by atoms with Crippen molar-refractivity contribution in [3.05, 3.63) is 29.6 Å². The summed E-state index contributed by atoms with van der Waals surface area (Å²) in [4.78, 5) is 13.7. The van der Waals surface area contributed by atoms with Gasteiger partial charge in [-0.05, 0) is 37.1 Å². The molecule has 1 aliphatic rings. The number of ether oxygens (including phenoxy) is 1. The molecule has 1 fully saturated rings. The molecule has 1 atom stereocenters. The summed E-state index contributed by atoms with van der Waals surface area (Å²) in [5, 5.41) is 3.17. The lowest BCUT2D eigenvalue weighted by atomic mass is 10.1. The van der Waals surface area contributed by atoms with Gasteiger partial charge >= 0.3 is 0 Å². The maximum atomic E-state index is 13.6. The smallest absolute Gasteiger partial charge is 0.239 e. The molecule has 1 heterocycles. The predicted octanol–water partition coefficient (Wildman–Crippen LogP) is 1.97. The molecule has 1 aliphatic heterocycles. The number of methoxy groups -OCH3 is 1. The Morgan fingerprint density at radius 2 is 2.30 bits per heavy atom. The van der Waals surface area contributed by atoms with Crippen molar-refractivity contribution in [3.8, 4) is 5.75 Å². The van der Waals surface area contributed by atoms with Crippen LogP contribution in [0.5, 0.6) is 5.75 Å². The zero-order valence-electron chi connectivity index (χ0n) is 11.7. The molecule has 0 aromatic heterocycles. The first-order chi connectivity index (χ1) is 9.11. The molecule has 0 bridgehead atoms. The van der Waals surface area contributed by atoms with Crippen molar-refractivity contribution in [2.24, 2.45) is 0 Å². The minimum Gasteiger partial charge on any atom is -0.494 e. The Bertz CT molecular complexity index is 464. The largest absolute Gasteiger partial charge is 0.494 e. The quantitative estimate of drug-likeness (QED) is 0.924. The second-order valence-electron chi connectivity index (χ2n) is 4.81. The topological polar surface area (TPSA) is 41.6 Å². The standard InChI is InChI=1S/C14H19FN2O2.ClH/c1-17(14(18)12-4-3-7-16-12)9-10-5-6-13(19-2)11(15)8-10;/h5-6,8,12,16H,3-4,7,9H2,1-2H3;1H/t12-;/m0./s1. The molecular formula is C14H20ClFN2O2. The summed E-state index contributed by atoms with van der Waals surface area (Å²) < 4.78 is 18.4. The van der Waals surface area contributed by atoms with Crippen molar-refractivity contribution in [2.75, 3.05) is 20.7 Å². The van der Waals surface area contributed by atoms with Crippen LogP contribution in [-0.4, -0.2) is 37.6 Å². The molecule has 1 saturated heterocycles. The zero-order valence-corrected chi connectivity index (χ0v) is 12.5. The number of hydrogen-bond donors (Lipinski definition) is 1. The highest BCUT2D eigenvalue weighted by atomic mass is 35.5. The molecular weight excluding hydrogens is 283 g/mol. The first-order valence-electron chi connectivity index (χ1n) is 6.42. The van der Waals surface area contributed by atoms with Crippen molar-refractivity contribution in [1.82, 2.24) is 10.2 Å². The van der Waals surface area contributed by atoms with E-state index in [2.05, 4.69) is 5.32 Å². The summed E-state index contributed by atoms with van der Waals surface area (Å²) in [5.41, 5.74) is 0.757. The summed E-state index contributed by atoms with van der Waals surface area (Å²) in [6.07, 6.45) is 1.90. The van der Waals surface area contributed by atoms with Crippen molar-refractivity contribution in [3.63, 3.8) is 0 Å². The average molecular weight is 303 g/mol. The van der Waals surface area contributed by atoms with Gasteiger partial charge in [-0.15, -0.1) is 12.4 Å². The summed E-state index contributed by atoms with van der Waals surface area (Å²) in [7, 11) is 3.17. The van der Waals surface area contributed by atoms with E-state index in [9.17, 15) is 9.18 Å². The van der Waals surface area contributed by atoms with Gasteiger partial charge in [0.25, 0.3) is 0 Å². The van der Waals surface area contributed by atoms with Gasteiger partial charge in [-0.25, -0.2) is 4.39 Å². The third-order valence-corrected chi connectivity index (χ3v) is 3.37. The minimum atomic E-state index is -0.403. The number of nitrogens with zero attached hydrogens (tertiary/aromatic N) is 1. The van der Waals surface area contributed by atoms with Gasteiger partial charge in [-0.1, -0.05) is 6.07 Å². The molecule has 1 N–H and O–H groups in total. The molecule has 1 aromatic carbocycles. The van der Waals surface area contributed by atoms with Crippen LogP contribution >= 0.6 is 12.4 Å². The minimum absolute atomic E-state index is 0. The molecule has 0 unspecified atom stereocenters. The molecule has 2 rings (SSSR count). The summed E-state index contributed by atoms with van der Waals surface area (Å²) in [6, 6.07) is 4.67. The molecule has 0 aliphatic carbocycles. The number of rotatable bonds is 4. The second-order valence-corrected chi connectivity index (χ2v) is 4.81. The van der Waals surface area contributed by atoms with Gasteiger partial charge in [-0.2, -0.15) is 0 Å². The van der Waals surface area contributed by atoms with E-state index in [4.69, 9.17) is 4.74 Å². The van der Waals surface area contributed by atoms with E-state index < -0.39 is 5.82 Å². The van der Waals surface area contributed by atoms with Crippen molar-refractivity contribution in [2.45, 2.75) is 25.4 Å². The number of nitrogens with one attached hydrogen (secondary N) is 1. The van der Waals surface area contributed by atoms with Gasteiger partial charge in [0.2, 0.25) is 5.91 Å². The van der Waals surface area contributed by atoms with E-state index in [0.29, 0.717) is 6.54 Å². The number of amides is 1. The van der Waals surface area contributed by atoms with Crippen molar-refractivity contribution in [1.29, 1.82) is 0 Å². The summed E-state index contributed by atoms with van der Waals surface area (Å²) in [6.45, 7) is 1.29. The van der Waals surface area contributed by atoms with E-state index in [-0.39, 0.29) is 30.1 Å². The van der Waals surface area contributed by atoms with E-state index in [1.807, 2.05) is 0 Å². The number of benzene rings is 1. The van der Waals surface area contributed by atoms with Crippen LogP contribution < -0.4 is 10.1 Å². The average Bonchev–Trinajstić information content (AvgIpc) is 2.92. The first kappa shape index (κ1) is 16.7. The molecule has 20 heavy (non-hydrogen) atoms. The fourth-order valence-electron chi connectivity index (χ4n) is 2.32. The lowest BCUT2D eigenvalue weighted by Gasteiger charge is -2.21. The van der Waals surface area contributed by atoms with E-state index in [1.165, 1.54) is 13.2 Å². The molecule has 4 nitrogen and oxygen atoms in total. The maximum Gasteiger partial charge on any atom is 0.239 e. The van der Waals surface area contributed by atoms with Gasteiger partial charge < -0.3 is 15.0 Å². The molecule has 6 heteroatoms. The molecule has 1 amide bonds. The van der Waals surface area contributed by atoms with Crippen molar-refractivity contribution >= 4 is 18.3 Å². The van der Waals surface area contributed by atoms with Gasteiger partial charge in [-0.3, -0.25) is 4.79 Å². The van der Waals surface area contributed by atoms with Crippen LogP contribution in [0.15, 0.2) is 18.2 Å². The lowest BCUT2D eigenvalue weighted by molar-refractivity contribution is -0.132. The number of likely N-dealkylation sites (N-methyl/N-ethyl adjacent to an activating group) is 1. The Hall–Kier alpha value is -1.33. The zero-order chi connectivity index (χ0) is 13.8. The van der Waals surface area contributed by atoms with E-state index in [0.717, 1.165) is 24.9 Å². The highest BCUT2D eigenvalue weighted by Gasteiger charge is 2.24. The fraction of sp³-hybridized carbons (Fsp3) is 0.500. The molecule has 112 valence electrons. The molecule has 0 radical (unpaired) electrons. The highest BCUT2D eigenvalue weighted by Crippen LogP contribution is 2.19. The monoisotopic (exact) mass is 302 g/mol. The number of hydrogen-bond acceptors (Lipinski definition) is 3. The lowest BCUT2D eigenvalue weighted by Crippen LogP contribution is -2.41. The van der Waals surface area contributed by atoms with Crippen LogP contribution in [-0.2, 0) is 11.3 Å². The summed E-state index contributed by atoms with van der Waals surface area (Å²) in [5.74, 6) is -0.122. The highest BCUT2D eigenvalue weighted by molar-refractivity contribution is 5.85. The Morgan fingerprint density at radius 3 is 2.85 bits per heavy atom. The van der Waals surface area contributed by atoms with Crippen LogP contribution in [0.3, 0.4) is 0 Å². The molecule has 0 saturated carbocycles. The second kappa shape index (κ2) is 7.45. The van der Waals surface area contributed by atoms with Crippen LogP contribution in [0, 0.1) is 5.82 Å². The SMILES string of the molecule is COc1ccc(CN(C)C(=O)[C@@H]2CCCN2)cc1F.Cl. The third kappa shape index (κ3) is 3.84. The maximum absolute atomic E-state index is 13.6. The number of carbonyl (C=O) groups is 1. The van der Waals surface area contributed by atoms with Gasteiger partial charge in [0.05, 0.1) is 13.2 Å². The van der Waals surface area contributed by atoms with Gasteiger partial charge in [0.15, 0.2) is 11.6 Å². The van der Waals surface area contributed by atoms with Gasteiger partial charge in [0.1, 0.15) is 0 Å². The Balaban J connectivity index is 0.00000200. The van der Waals surface area contributed by atoms with E-state index >= 15 is 0 Å². The predicted molar refractivity (Wildman–Crippen MR) is 77.7 cm³/mol. The number of carbonyl (C=O) groups excluding carboxylic acids is 1. The third-order valence-electron chi connectivity index (χ3n) is 3.37. The van der Waals surface area contributed by atoms with Crippen molar-refractivity contribution < 1.29 is 13.9 Å². The van der Waals surface area contributed by atoms with E-state index in [1.54, 1.807) is 24.1 Å². The number of halogens is 2. The Morgan fingerprint density at radius 1 is 1.55 bits per heavy atom. The van der Waals surface area contributed by atoms with Crippen LogP contribution in [0.2, 0.25) is 0 Å². The first-order valence-corrected chi connectivity index (χ1v) is 6.42. The van der Waals surface area contributed by atoms with Crippen LogP contribution in [0.4, 0.5) is 4.39 Å². The normalized spacial score (nSPS) is 17.4.